The number of nitrogen functional groups attached to an aromatic ring is 1. The van der Waals surface area contributed by atoms with Crippen LogP contribution in [-0.4, -0.2) is 4.98 Å². The molecule has 0 spiro atoms. The number of anilines is 1. The molecule has 4 nitrogen and oxygen atoms in total. The summed E-state index contributed by atoms with van der Waals surface area (Å²) in [4.78, 5) is 4.32. The van der Waals surface area contributed by atoms with Gasteiger partial charge in [-0.25, -0.2) is 4.98 Å². The molecule has 0 atom stereocenters. The Morgan fingerprint density at radius 3 is 2.75 bits per heavy atom. The maximum Gasteiger partial charge on any atom is 0.263 e. The number of aromatic nitrogens is 1. The van der Waals surface area contributed by atoms with E-state index in [1.807, 2.05) is 25.1 Å². The molecule has 2 heterocycles. The largest absolute Gasteiger partial charge is 0.456 e. The van der Waals surface area contributed by atoms with Crippen LogP contribution in [0.5, 0.6) is 0 Å². The Kier molecular flexibility index (Phi) is 1.77. The number of furan rings is 1. The number of aryl methyl sites for hydroxylation is 1. The highest BCUT2D eigenvalue weighted by atomic mass is 16.4. The maximum atomic E-state index is 5.66. The van der Waals surface area contributed by atoms with E-state index in [0.29, 0.717) is 22.9 Å². The van der Waals surface area contributed by atoms with Gasteiger partial charge in [0.1, 0.15) is 11.3 Å². The third-order valence-electron chi connectivity index (χ3n) is 2.36. The average molecular weight is 214 g/mol. The van der Waals surface area contributed by atoms with Gasteiger partial charge in [0.05, 0.1) is 0 Å². The summed E-state index contributed by atoms with van der Waals surface area (Å²) >= 11 is 0. The number of hydrogen-bond donors (Lipinski definition) is 1. The highest BCUT2D eigenvalue weighted by Gasteiger charge is 2.11. The lowest BCUT2D eigenvalue weighted by molar-refractivity contribution is 0.513. The van der Waals surface area contributed by atoms with Gasteiger partial charge < -0.3 is 14.6 Å². The van der Waals surface area contributed by atoms with Gasteiger partial charge >= 0.3 is 0 Å². The topological polar surface area (TPSA) is 65.2 Å². The second kappa shape index (κ2) is 3.13. The number of rotatable bonds is 1. The second-order valence-corrected chi connectivity index (χ2v) is 3.66. The first-order chi connectivity index (χ1) is 7.72. The molecule has 0 bridgehead atoms. The molecule has 0 amide bonds. The van der Waals surface area contributed by atoms with E-state index in [4.69, 9.17) is 14.6 Å². The number of fused-ring (bicyclic) bond motifs is 1. The first kappa shape index (κ1) is 9.03. The number of oxazole rings is 1. The van der Waals surface area contributed by atoms with Crippen molar-refractivity contribution in [1.29, 1.82) is 0 Å². The Bertz CT molecular complexity index is 652. The summed E-state index contributed by atoms with van der Waals surface area (Å²) in [5.41, 5.74) is 7.77. The van der Waals surface area contributed by atoms with Crippen LogP contribution < -0.4 is 5.73 Å². The molecule has 0 aliphatic rings. The lowest BCUT2D eigenvalue weighted by Crippen LogP contribution is -1.81. The third-order valence-corrected chi connectivity index (χ3v) is 2.36. The lowest BCUT2D eigenvalue weighted by atomic mass is 10.3. The van der Waals surface area contributed by atoms with E-state index in [1.165, 1.54) is 0 Å². The Hall–Kier alpha value is -2.23. The van der Waals surface area contributed by atoms with E-state index < -0.39 is 0 Å². The van der Waals surface area contributed by atoms with Crippen LogP contribution >= 0.6 is 0 Å². The van der Waals surface area contributed by atoms with Crippen LogP contribution in [0.4, 0.5) is 5.69 Å². The number of hydrogen-bond acceptors (Lipinski definition) is 4. The summed E-state index contributed by atoms with van der Waals surface area (Å²) in [5.74, 6) is 1.94. The molecule has 0 unspecified atom stereocenters. The quantitative estimate of drug-likeness (QED) is 0.632. The molecule has 0 saturated carbocycles. The van der Waals surface area contributed by atoms with E-state index in [-0.39, 0.29) is 0 Å². The van der Waals surface area contributed by atoms with Gasteiger partial charge in [0, 0.05) is 11.8 Å². The van der Waals surface area contributed by atoms with Gasteiger partial charge in [-0.3, -0.25) is 0 Å². The predicted molar refractivity (Wildman–Crippen MR) is 60.9 cm³/mol. The zero-order valence-corrected chi connectivity index (χ0v) is 8.73. The highest BCUT2D eigenvalue weighted by Crippen LogP contribution is 2.26. The van der Waals surface area contributed by atoms with E-state index in [2.05, 4.69) is 4.98 Å². The van der Waals surface area contributed by atoms with Gasteiger partial charge in [0.2, 0.25) is 0 Å². The van der Waals surface area contributed by atoms with Crippen molar-refractivity contribution in [3.63, 3.8) is 0 Å². The Morgan fingerprint density at radius 1 is 1.12 bits per heavy atom. The Balaban J connectivity index is 2.18. The van der Waals surface area contributed by atoms with Gasteiger partial charge in [-0.1, -0.05) is 0 Å². The molecule has 0 aliphatic carbocycles. The first-order valence-electron chi connectivity index (χ1n) is 4.95. The molecule has 1 aromatic carbocycles. The van der Waals surface area contributed by atoms with E-state index >= 15 is 0 Å². The van der Waals surface area contributed by atoms with Crippen molar-refractivity contribution >= 4 is 16.8 Å². The highest BCUT2D eigenvalue weighted by molar-refractivity contribution is 5.78. The van der Waals surface area contributed by atoms with E-state index in [0.717, 1.165) is 11.3 Å². The zero-order chi connectivity index (χ0) is 11.1. The van der Waals surface area contributed by atoms with Gasteiger partial charge in [-0.2, -0.15) is 0 Å². The van der Waals surface area contributed by atoms with Crippen LogP contribution in [0.25, 0.3) is 22.8 Å². The minimum absolute atomic E-state index is 0.480. The molecule has 0 saturated heterocycles. The van der Waals surface area contributed by atoms with E-state index in [1.54, 1.807) is 12.1 Å². The fraction of sp³-hybridized carbons (Fsp3) is 0.0833. The van der Waals surface area contributed by atoms with E-state index in [9.17, 15) is 0 Å². The van der Waals surface area contributed by atoms with Crippen LogP contribution in [-0.2, 0) is 0 Å². The third kappa shape index (κ3) is 1.35. The summed E-state index contributed by atoms with van der Waals surface area (Å²) in [5, 5.41) is 0. The van der Waals surface area contributed by atoms with Crippen molar-refractivity contribution in [2.24, 2.45) is 0 Å². The molecule has 0 aliphatic heterocycles. The van der Waals surface area contributed by atoms with Gasteiger partial charge in [-0.05, 0) is 31.2 Å². The normalized spacial score (nSPS) is 11.1. The number of benzene rings is 1. The van der Waals surface area contributed by atoms with Crippen molar-refractivity contribution in [3.8, 4) is 11.7 Å². The average Bonchev–Trinajstić information content (AvgIpc) is 2.83. The van der Waals surface area contributed by atoms with Crippen LogP contribution in [0, 0.1) is 6.92 Å². The van der Waals surface area contributed by atoms with Crippen LogP contribution in [0.1, 0.15) is 5.76 Å². The van der Waals surface area contributed by atoms with Gasteiger partial charge in [0.25, 0.3) is 5.89 Å². The van der Waals surface area contributed by atoms with Crippen molar-refractivity contribution in [3.05, 3.63) is 36.1 Å². The molecule has 0 fully saturated rings. The molecular weight excluding hydrogens is 204 g/mol. The van der Waals surface area contributed by atoms with Crippen molar-refractivity contribution in [2.45, 2.75) is 6.92 Å². The minimum Gasteiger partial charge on any atom is -0.456 e. The Labute approximate surface area is 91.7 Å². The molecule has 3 aromatic rings. The van der Waals surface area contributed by atoms with Gasteiger partial charge in [0.15, 0.2) is 11.3 Å². The Morgan fingerprint density at radius 2 is 2.00 bits per heavy atom. The minimum atomic E-state index is 0.480. The smallest absolute Gasteiger partial charge is 0.263 e. The summed E-state index contributed by atoms with van der Waals surface area (Å²) in [7, 11) is 0. The second-order valence-electron chi connectivity index (χ2n) is 3.66. The molecule has 2 N–H and O–H groups in total. The predicted octanol–water partition coefficient (Wildman–Crippen LogP) is 2.98. The zero-order valence-electron chi connectivity index (χ0n) is 8.73. The first-order valence-corrected chi connectivity index (χ1v) is 4.95. The number of nitrogens with two attached hydrogens (primary N) is 1. The summed E-state index contributed by atoms with van der Waals surface area (Å²) in [6.07, 6.45) is 0. The molecule has 3 rings (SSSR count). The standard InChI is InChI=1S/C12H10N2O2/c1-7-2-5-10(15-7)12-14-9-4-3-8(13)6-11(9)16-12/h2-6H,13H2,1H3. The van der Waals surface area contributed by atoms with Gasteiger partial charge in [-0.15, -0.1) is 0 Å². The molecule has 16 heavy (non-hydrogen) atoms. The molecule has 80 valence electrons. The molecule has 2 aromatic heterocycles. The van der Waals surface area contributed by atoms with Crippen LogP contribution in [0.3, 0.4) is 0 Å². The molecule has 0 radical (unpaired) electrons. The van der Waals surface area contributed by atoms with Crippen molar-refractivity contribution in [1.82, 2.24) is 4.98 Å². The summed E-state index contributed by atoms with van der Waals surface area (Å²) in [6.45, 7) is 1.88. The summed E-state index contributed by atoms with van der Waals surface area (Å²) < 4.78 is 11.0. The van der Waals surface area contributed by atoms with Crippen LogP contribution in [0.15, 0.2) is 39.2 Å². The molecular formula is C12H10N2O2. The van der Waals surface area contributed by atoms with Crippen molar-refractivity contribution < 1.29 is 8.83 Å². The monoisotopic (exact) mass is 214 g/mol. The number of nitrogens with zero attached hydrogens (tertiary/aromatic N) is 1. The molecule has 4 heteroatoms. The lowest BCUT2D eigenvalue weighted by Gasteiger charge is -1.88. The van der Waals surface area contributed by atoms with Crippen LogP contribution in [0.2, 0.25) is 0 Å². The maximum absolute atomic E-state index is 5.66. The summed E-state index contributed by atoms with van der Waals surface area (Å²) in [6, 6.07) is 9.08. The fourth-order valence-electron chi connectivity index (χ4n) is 1.60. The SMILES string of the molecule is Cc1ccc(-c2nc3ccc(N)cc3o2)o1. The fourth-order valence-corrected chi connectivity index (χ4v) is 1.60. The van der Waals surface area contributed by atoms with Crippen molar-refractivity contribution in [2.75, 3.05) is 5.73 Å².